The van der Waals surface area contributed by atoms with E-state index in [2.05, 4.69) is 21.9 Å². The van der Waals surface area contributed by atoms with Crippen LogP contribution in [-0.4, -0.2) is 30.0 Å². The molecule has 0 saturated heterocycles. The lowest BCUT2D eigenvalue weighted by atomic mass is 10.1. The number of halogens is 3. The highest BCUT2D eigenvalue weighted by Crippen LogP contribution is 2.36. The molecule has 10 heteroatoms. The molecule has 0 aliphatic rings. The molecule has 0 N–H and O–H groups in total. The summed E-state index contributed by atoms with van der Waals surface area (Å²) in [4.78, 5) is 15.6. The van der Waals surface area contributed by atoms with Crippen LogP contribution in [0.4, 0.5) is 4.39 Å². The van der Waals surface area contributed by atoms with Crippen molar-refractivity contribution in [3.05, 3.63) is 93.0 Å². The molecular weight excluding hydrogens is 496 g/mol. The van der Waals surface area contributed by atoms with Crippen LogP contribution < -0.4 is 4.74 Å². The van der Waals surface area contributed by atoms with Crippen LogP contribution in [0.5, 0.6) is 11.5 Å². The maximum Gasteiger partial charge on any atom is 0.337 e. The van der Waals surface area contributed by atoms with E-state index in [4.69, 9.17) is 37.1 Å². The van der Waals surface area contributed by atoms with Crippen LogP contribution in [0.2, 0.25) is 10.0 Å². The summed E-state index contributed by atoms with van der Waals surface area (Å²) in [5.74, 6) is -0.672. The topological polar surface area (TPSA) is 86.8 Å². The van der Waals surface area contributed by atoms with E-state index in [0.717, 1.165) is 5.56 Å². The van der Waals surface area contributed by atoms with Crippen LogP contribution in [0.1, 0.15) is 27.4 Å². The summed E-state index contributed by atoms with van der Waals surface area (Å²) < 4.78 is 31.5. The fraction of sp³-hybridized carbons (Fsp3) is 0.120. The van der Waals surface area contributed by atoms with Crippen LogP contribution in [0.15, 0.2) is 64.0 Å². The molecule has 0 radical (unpaired) electrons. The number of nitrogens with zero attached hydrogens (tertiary/aromatic N) is 3. The summed E-state index contributed by atoms with van der Waals surface area (Å²) in [6.45, 7) is 3.79. The van der Waals surface area contributed by atoms with E-state index in [1.807, 2.05) is 0 Å². The molecule has 3 aromatic carbocycles. The first-order chi connectivity index (χ1) is 16.9. The van der Waals surface area contributed by atoms with E-state index in [1.54, 1.807) is 42.5 Å². The van der Waals surface area contributed by atoms with Crippen molar-refractivity contribution in [2.75, 3.05) is 7.11 Å². The van der Waals surface area contributed by atoms with Crippen molar-refractivity contribution < 1.29 is 23.1 Å². The van der Waals surface area contributed by atoms with Crippen LogP contribution in [0.25, 0.3) is 11.5 Å². The lowest BCUT2D eigenvalue weighted by Gasteiger charge is -2.12. The number of esters is 1. The van der Waals surface area contributed by atoms with Crippen molar-refractivity contribution >= 4 is 35.9 Å². The molecule has 4 rings (SSSR count). The Bertz CT molecular complexity index is 1410. The van der Waals surface area contributed by atoms with Gasteiger partial charge in [-0.3, -0.25) is 4.99 Å². The molecule has 0 fully saturated rings. The first-order valence-electron chi connectivity index (χ1n) is 10.3. The van der Waals surface area contributed by atoms with E-state index < -0.39 is 11.8 Å². The summed E-state index contributed by atoms with van der Waals surface area (Å²) in [6.07, 6.45) is -0.00969. The van der Waals surface area contributed by atoms with Gasteiger partial charge < -0.3 is 13.9 Å². The summed E-state index contributed by atoms with van der Waals surface area (Å²) in [6, 6.07) is 14.5. The Labute approximate surface area is 210 Å². The van der Waals surface area contributed by atoms with Gasteiger partial charge >= 0.3 is 5.97 Å². The fourth-order valence-corrected chi connectivity index (χ4v) is 3.76. The summed E-state index contributed by atoms with van der Waals surface area (Å²) in [5.41, 5.74) is 1.85. The highest BCUT2D eigenvalue weighted by atomic mass is 35.5. The predicted molar refractivity (Wildman–Crippen MR) is 130 cm³/mol. The van der Waals surface area contributed by atoms with Gasteiger partial charge in [-0.05, 0) is 54.7 Å². The smallest absolute Gasteiger partial charge is 0.337 e. The molecule has 0 aliphatic heterocycles. The van der Waals surface area contributed by atoms with Gasteiger partial charge in [-0.25, -0.2) is 9.18 Å². The number of rotatable bonds is 8. The highest BCUT2D eigenvalue weighted by molar-refractivity contribution is 6.32. The summed E-state index contributed by atoms with van der Waals surface area (Å²) in [5, 5.41) is 8.49. The Morgan fingerprint density at radius 3 is 2.74 bits per heavy atom. The molecule has 0 bridgehead atoms. The van der Waals surface area contributed by atoms with Crippen LogP contribution in [0.3, 0.4) is 0 Å². The van der Waals surface area contributed by atoms with Gasteiger partial charge in [0.25, 0.3) is 0 Å². The zero-order valence-electron chi connectivity index (χ0n) is 18.4. The molecule has 0 atom stereocenters. The molecule has 7 nitrogen and oxygen atoms in total. The Morgan fingerprint density at radius 2 is 1.97 bits per heavy atom. The molecule has 1 heterocycles. The van der Waals surface area contributed by atoms with Gasteiger partial charge in [-0.15, -0.1) is 10.2 Å². The number of hydrogen-bond donors (Lipinski definition) is 0. The van der Waals surface area contributed by atoms with Crippen LogP contribution in [-0.2, 0) is 17.7 Å². The first-order valence-corrected chi connectivity index (χ1v) is 11.0. The summed E-state index contributed by atoms with van der Waals surface area (Å²) >= 11 is 12.4. The molecule has 35 heavy (non-hydrogen) atoms. The van der Waals surface area contributed by atoms with Crippen molar-refractivity contribution in [2.24, 2.45) is 4.99 Å². The summed E-state index contributed by atoms with van der Waals surface area (Å²) in [7, 11) is 1.29. The number of aromatic nitrogens is 2. The van der Waals surface area contributed by atoms with E-state index in [-0.39, 0.29) is 34.5 Å². The second kappa shape index (κ2) is 10.7. The lowest BCUT2D eigenvalue weighted by molar-refractivity contribution is 0.0601. The van der Waals surface area contributed by atoms with Gasteiger partial charge in [-0.2, -0.15) is 0 Å². The average molecular weight is 514 g/mol. The van der Waals surface area contributed by atoms with Crippen LogP contribution >= 0.6 is 23.2 Å². The molecule has 0 saturated carbocycles. The van der Waals surface area contributed by atoms with Gasteiger partial charge in [-0.1, -0.05) is 35.3 Å². The van der Waals surface area contributed by atoms with Gasteiger partial charge in [0.2, 0.25) is 11.8 Å². The molecule has 0 unspecified atom stereocenters. The van der Waals surface area contributed by atoms with Crippen molar-refractivity contribution in [3.63, 3.8) is 0 Å². The average Bonchev–Trinajstić information content (AvgIpc) is 3.32. The monoisotopic (exact) mass is 513 g/mol. The number of carbonyl (C=O) groups excluding carboxylic acids is 1. The lowest BCUT2D eigenvalue weighted by Crippen LogP contribution is -2.00. The minimum atomic E-state index is -0.673. The molecule has 0 aliphatic carbocycles. The number of benzene rings is 3. The van der Waals surface area contributed by atoms with E-state index in [0.29, 0.717) is 28.4 Å². The quantitative estimate of drug-likeness (QED) is 0.196. The van der Waals surface area contributed by atoms with E-state index >= 15 is 4.39 Å². The number of ether oxygens (including phenoxy) is 2. The highest BCUT2D eigenvalue weighted by Gasteiger charge is 2.19. The maximum absolute atomic E-state index is 15.4. The Hall–Kier alpha value is -3.75. The minimum Gasteiger partial charge on any atom is -0.465 e. The molecular formula is C25H18Cl2FN3O4. The second-order valence-electron chi connectivity index (χ2n) is 7.38. The predicted octanol–water partition coefficient (Wildman–Crippen LogP) is 6.55. The molecule has 1 aromatic heterocycles. The number of methoxy groups -OCH3 is 1. The molecule has 0 spiro atoms. The Morgan fingerprint density at radius 1 is 1.14 bits per heavy atom. The third-order valence-corrected chi connectivity index (χ3v) is 5.43. The van der Waals surface area contributed by atoms with E-state index in [9.17, 15) is 4.79 Å². The molecule has 4 aromatic rings. The zero-order valence-corrected chi connectivity index (χ0v) is 19.9. The van der Waals surface area contributed by atoms with Gasteiger partial charge in [0.05, 0.1) is 30.7 Å². The first kappa shape index (κ1) is 24.4. The fourth-order valence-electron chi connectivity index (χ4n) is 3.32. The molecule has 0 amide bonds. The minimum absolute atomic E-state index is 0.00969. The van der Waals surface area contributed by atoms with E-state index in [1.165, 1.54) is 19.2 Å². The Balaban J connectivity index is 1.58. The van der Waals surface area contributed by atoms with Gasteiger partial charge in [0.1, 0.15) is 5.75 Å². The SMILES string of the molecule is C=NCc1cc(Cl)cc(Oc2c(Cl)ccc(Cc3nnc(-c4cccc(C(=O)OC)c4)o3)c2F)c1. The largest absolute Gasteiger partial charge is 0.465 e. The van der Waals surface area contributed by atoms with Gasteiger partial charge in [0, 0.05) is 16.1 Å². The number of aliphatic imine (C=N–C) groups is 1. The van der Waals surface area contributed by atoms with Crippen molar-refractivity contribution in [1.82, 2.24) is 10.2 Å². The molecule has 178 valence electrons. The maximum atomic E-state index is 15.4. The Kier molecular flexibility index (Phi) is 7.43. The standard InChI is InChI=1S/C25H18Cl2FN3O4/c1-29-13-14-8-18(26)12-19(9-14)34-23-20(27)7-6-15(22(23)28)11-21-30-31-24(35-21)16-4-3-5-17(10-16)25(32)33-2/h3-10,12H,1,11,13H2,2H3. The van der Waals surface area contributed by atoms with Crippen LogP contribution in [0, 0.1) is 5.82 Å². The third kappa shape index (κ3) is 5.67. The third-order valence-electron chi connectivity index (χ3n) is 4.91. The van der Waals surface area contributed by atoms with Crippen molar-refractivity contribution in [1.29, 1.82) is 0 Å². The normalized spacial score (nSPS) is 10.7. The van der Waals surface area contributed by atoms with Crippen molar-refractivity contribution in [3.8, 4) is 23.0 Å². The number of hydrogen-bond acceptors (Lipinski definition) is 7. The second-order valence-corrected chi connectivity index (χ2v) is 8.22. The van der Waals surface area contributed by atoms with Crippen molar-refractivity contribution in [2.45, 2.75) is 13.0 Å². The zero-order chi connectivity index (χ0) is 24.9. The van der Waals surface area contributed by atoms with Gasteiger partial charge in [0.15, 0.2) is 11.6 Å². The number of carbonyl (C=O) groups is 1.